The Bertz CT molecular complexity index is 542. The number of nitrogens with one attached hydrogen (secondary N) is 1. The highest BCUT2D eigenvalue weighted by molar-refractivity contribution is 5.98. The van der Waals surface area contributed by atoms with Crippen molar-refractivity contribution in [2.45, 2.75) is 32.7 Å². The van der Waals surface area contributed by atoms with Crippen LogP contribution < -0.4 is 5.32 Å². The van der Waals surface area contributed by atoms with Gasteiger partial charge in [-0.2, -0.15) is 0 Å². The second-order valence-corrected chi connectivity index (χ2v) is 5.05. The van der Waals surface area contributed by atoms with E-state index < -0.39 is 0 Å². The Morgan fingerprint density at radius 3 is 2.85 bits per heavy atom. The maximum Gasteiger partial charge on any atom is 0.0926 e. The minimum atomic E-state index is 0.420. The summed E-state index contributed by atoms with van der Waals surface area (Å²) >= 11 is 0. The molecule has 106 valence electrons. The molecule has 1 fully saturated rings. The van der Waals surface area contributed by atoms with E-state index in [2.05, 4.69) is 34.3 Å². The summed E-state index contributed by atoms with van der Waals surface area (Å²) in [6, 6.07) is 0.420. The number of aliphatic imine (C=N–C) groups is 2. The van der Waals surface area contributed by atoms with Gasteiger partial charge in [-0.05, 0) is 32.6 Å². The summed E-state index contributed by atoms with van der Waals surface area (Å²) in [5, 5.41) is 3.42. The van der Waals surface area contributed by atoms with Crippen molar-refractivity contribution in [3.05, 3.63) is 41.9 Å². The van der Waals surface area contributed by atoms with Crippen LogP contribution in [0.4, 0.5) is 0 Å². The van der Waals surface area contributed by atoms with Crippen LogP contribution in [0, 0.1) is 0 Å². The molecule has 0 spiro atoms. The van der Waals surface area contributed by atoms with Crippen LogP contribution in [-0.4, -0.2) is 30.8 Å². The molecule has 2 aliphatic rings. The van der Waals surface area contributed by atoms with Crippen LogP contribution in [-0.2, 0) is 4.74 Å². The Balaban J connectivity index is 2.04. The lowest BCUT2D eigenvalue weighted by atomic mass is 10.1. The van der Waals surface area contributed by atoms with Gasteiger partial charge in [-0.15, -0.1) is 0 Å². The molecule has 0 radical (unpaired) electrons. The highest BCUT2D eigenvalue weighted by Crippen LogP contribution is 2.20. The summed E-state index contributed by atoms with van der Waals surface area (Å²) in [6.45, 7) is 13.5. The Kier molecular flexibility index (Phi) is 4.72. The van der Waals surface area contributed by atoms with E-state index >= 15 is 0 Å². The van der Waals surface area contributed by atoms with Crippen molar-refractivity contribution < 1.29 is 4.74 Å². The van der Waals surface area contributed by atoms with Gasteiger partial charge in [-0.25, -0.2) is 9.98 Å². The lowest BCUT2D eigenvalue weighted by Gasteiger charge is -2.25. The molecule has 20 heavy (non-hydrogen) atoms. The third-order valence-electron chi connectivity index (χ3n) is 3.43. The van der Waals surface area contributed by atoms with Crippen LogP contribution in [0.1, 0.15) is 26.7 Å². The van der Waals surface area contributed by atoms with Gasteiger partial charge in [0, 0.05) is 36.6 Å². The van der Waals surface area contributed by atoms with E-state index in [1.165, 1.54) is 0 Å². The molecule has 0 aliphatic carbocycles. The van der Waals surface area contributed by atoms with Gasteiger partial charge < -0.3 is 10.1 Å². The van der Waals surface area contributed by atoms with Crippen LogP contribution in [0.2, 0.25) is 0 Å². The topological polar surface area (TPSA) is 46.0 Å². The first-order chi connectivity index (χ1) is 9.58. The molecule has 0 atom stereocenters. The van der Waals surface area contributed by atoms with Crippen molar-refractivity contribution >= 4 is 11.6 Å². The van der Waals surface area contributed by atoms with Gasteiger partial charge in [0.05, 0.1) is 17.1 Å². The lowest BCUT2D eigenvalue weighted by Crippen LogP contribution is -2.35. The van der Waals surface area contributed by atoms with Gasteiger partial charge in [-0.3, -0.25) is 0 Å². The van der Waals surface area contributed by atoms with Crippen molar-refractivity contribution in [2.24, 2.45) is 9.98 Å². The zero-order valence-corrected chi connectivity index (χ0v) is 12.2. The summed E-state index contributed by atoms with van der Waals surface area (Å²) in [5.74, 6) is 2.80. The van der Waals surface area contributed by atoms with Crippen molar-refractivity contribution in [2.75, 3.05) is 13.2 Å². The zero-order chi connectivity index (χ0) is 14.5. The number of hydrogen-bond acceptors (Lipinski definition) is 4. The summed E-state index contributed by atoms with van der Waals surface area (Å²) in [5.41, 5.74) is 4.17. The van der Waals surface area contributed by atoms with Crippen molar-refractivity contribution in [1.29, 1.82) is 0 Å². The summed E-state index contributed by atoms with van der Waals surface area (Å²) in [6.07, 6.45) is 3.76. The molecule has 2 aliphatic heterocycles. The van der Waals surface area contributed by atoms with Crippen LogP contribution in [0.15, 0.2) is 51.9 Å². The summed E-state index contributed by atoms with van der Waals surface area (Å²) in [4.78, 5) is 8.73. The fourth-order valence-electron chi connectivity index (χ4n) is 2.14. The molecular formula is C16H21N3O. The molecule has 4 heteroatoms. The Morgan fingerprint density at radius 1 is 1.50 bits per heavy atom. The Morgan fingerprint density at radius 2 is 2.20 bits per heavy atom. The minimum Gasteiger partial charge on any atom is -0.381 e. The number of allylic oxidation sites excluding steroid dienone is 3. The van der Waals surface area contributed by atoms with E-state index in [1.54, 1.807) is 6.08 Å². The third kappa shape index (κ3) is 3.56. The van der Waals surface area contributed by atoms with Gasteiger partial charge in [0.2, 0.25) is 0 Å². The molecule has 0 aromatic heterocycles. The zero-order valence-electron chi connectivity index (χ0n) is 12.2. The fraction of sp³-hybridized carbons (Fsp3) is 0.438. The fourth-order valence-corrected chi connectivity index (χ4v) is 2.14. The van der Waals surface area contributed by atoms with Crippen molar-refractivity contribution in [3.63, 3.8) is 0 Å². The first kappa shape index (κ1) is 14.5. The molecule has 0 aromatic rings. The van der Waals surface area contributed by atoms with E-state index in [0.717, 1.165) is 54.4 Å². The maximum absolute atomic E-state index is 5.35. The number of rotatable bonds is 4. The summed E-state index contributed by atoms with van der Waals surface area (Å²) < 4.78 is 5.35. The van der Waals surface area contributed by atoms with Gasteiger partial charge in [0.1, 0.15) is 0 Å². The average molecular weight is 271 g/mol. The highest BCUT2D eigenvalue weighted by atomic mass is 16.5. The molecule has 4 nitrogen and oxygen atoms in total. The average Bonchev–Trinajstić information content (AvgIpc) is 2.44. The largest absolute Gasteiger partial charge is 0.381 e. The Labute approximate surface area is 120 Å². The van der Waals surface area contributed by atoms with Crippen LogP contribution in [0.25, 0.3) is 0 Å². The molecule has 0 bridgehead atoms. The molecule has 2 rings (SSSR count). The van der Waals surface area contributed by atoms with Gasteiger partial charge >= 0.3 is 0 Å². The van der Waals surface area contributed by atoms with E-state index in [1.807, 2.05) is 13.8 Å². The monoisotopic (exact) mass is 271 g/mol. The summed E-state index contributed by atoms with van der Waals surface area (Å²) in [7, 11) is 0. The number of hydrogen-bond donors (Lipinski definition) is 1. The smallest absolute Gasteiger partial charge is 0.0926 e. The van der Waals surface area contributed by atoms with E-state index in [9.17, 15) is 0 Å². The molecule has 0 aromatic carbocycles. The molecule has 0 saturated carbocycles. The first-order valence-electron chi connectivity index (χ1n) is 6.86. The minimum absolute atomic E-state index is 0.420. The third-order valence-corrected chi connectivity index (χ3v) is 3.43. The van der Waals surface area contributed by atoms with Gasteiger partial charge in [0.15, 0.2) is 0 Å². The van der Waals surface area contributed by atoms with E-state index in [-0.39, 0.29) is 0 Å². The van der Waals surface area contributed by atoms with E-state index in [4.69, 9.17) is 4.74 Å². The molecular weight excluding hydrogens is 250 g/mol. The predicted molar refractivity (Wildman–Crippen MR) is 83.1 cm³/mol. The lowest BCUT2D eigenvalue weighted by molar-refractivity contribution is 0.0808. The molecule has 0 unspecified atom stereocenters. The highest BCUT2D eigenvalue weighted by Gasteiger charge is 2.15. The van der Waals surface area contributed by atoms with Gasteiger partial charge in [-0.1, -0.05) is 13.2 Å². The van der Waals surface area contributed by atoms with E-state index in [0.29, 0.717) is 6.04 Å². The molecule has 1 saturated heterocycles. The van der Waals surface area contributed by atoms with Crippen molar-refractivity contribution in [3.8, 4) is 0 Å². The predicted octanol–water partition coefficient (Wildman–Crippen LogP) is 2.76. The van der Waals surface area contributed by atoms with Crippen LogP contribution in [0.3, 0.4) is 0 Å². The number of ether oxygens (including phenoxy) is 1. The van der Waals surface area contributed by atoms with Gasteiger partial charge in [0.25, 0.3) is 0 Å². The second kappa shape index (κ2) is 6.51. The molecule has 0 amide bonds. The van der Waals surface area contributed by atoms with Crippen molar-refractivity contribution in [1.82, 2.24) is 5.32 Å². The Hall–Kier alpha value is -1.90. The maximum atomic E-state index is 5.35. The molecule has 2 heterocycles. The second-order valence-electron chi connectivity index (χ2n) is 5.05. The van der Waals surface area contributed by atoms with Crippen LogP contribution >= 0.6 is 0 Å². The van der Waals surface area contributed by atoms with Crippen LogP contribution in [0.5, 0.6) is 0 Å². The number of nitrogens with zero attached hydrogens (tertiary/aromatic N) is 2. The quantitative estimate of drug-likeness (QED) is 0.799. The SMILES string of the molecule is C=C1C=C=NC(C)=C1N=C(C)C(=C)NC1CCOCC1. The molecule has 1 N–H and O–H groups in total. The standard InChI is InChI=1S/C16H21N3O/c1-11-5-8-17-14(4)16(11)19-13(3)12(2)18-15-6-9-20-10-7-15/h5,15,18H,1-2,6-7,9-10H2,3-4H3. The normalized spacial score (nSPS) is 20.5. The first-order valence-corrected chi connectivity index (χ1v) is 6.86.